The first-order valence-corrected chi connectivity index (χ1v) is 3.42. The topological polar surface area (TPSA) is 40.7 Å². The molecule has 2 N–H and O–H groups in total. The number of alkyl halides is 3. The summed E-state index contributed by atoms with van der Waals surface area (Å²) in [5.41, 5.74) is 0. The summed E-state index contributed by atoms with van der Waals surface area (Å²) in [6.07, 6.45) is -5.57. The molecule has 0 radical (unpaired) electrons. The normalized spacial score (nSPS) is 11.1. The van der Waals surface area contributed by atoms with E-state index in [1.54, 1.807) is 0 Å². The van der Waals surface area contributed by atoms with E-state index in [-0.39, 0.29) is 5.48 Å². The lowest BCUT2D eigenvalue weighted by atomic mass is 10.3. The molecule has 0 aliphatic carbocycles. The minimum Gasteiger partial charge on any atom is -0.412 e. The predicted molar refractivity (Wildman–Crippen MR) is 36.5 cm³/mol. The van der Waals surface area contributed by atoms with Crippen LogP contribution in [0, 0.1) is 29.1 Å². The van der Waals surface area contributed by atoms with Crippen molar-refractivity contribution in [2.24, 2.45) is 0 Å². The molecule has 1 aromatic rings. The molecule has 0 saturated heterocycles. The summed E-state index contributed by atoms with van der Waals surface area (Å²) < 4.78 is 99.7. The van der Waals surface area contributed by atoms with Crippen LogP contribution in [0.3, 0.4) is 0 Å². The van der Waals surface area contributed by atoms with Crippen molar-refractivity contribution in [2.45, 2.75) is 6.36 Å². The van der Waals surface area contributed by atoms with Crippen molar-refractivity contribution < 1.29 is 45.3 Å². The van der Waals surface area contributed by atoms with E-state index in [1.807, 2.05) is 0 Å². The molecule has 0 amide bonds. The van der Waals surface area contributed by atoms with Crippen LogP contribution in [0.2, 0.25) is 0 Å². The molecule has 1 aromatic carbocycles. The van der Waals surface area contributed by atoms with Gasteiger partial charge in [0.1, 0.15) is 0 Å². The number of halogens is 8. The average molecular weight is 270 g/mol. The zero-order valence-electron chi connectivity index (χ0n) is 7.43. The maximum absolute atomic E-state index is 12.6. The number of hydrogen-bond acceptors (Lipinski definition) is 1. The van der Waals surface area contributed by atoms with Crippen molar-refractivity contribution in [1.29, 1.82) is 0 Å². The third kappa shape index (κ3) is 2.96. The van der Waals surface area contributed by atoms with Crippen molar-refractivity contribution in [3.05, 3.63) is 29.1 Å². The second-order valence-corrected chi connectivity index (χ2v) is 2.45. The minimum absolute atomic E-state index is 0. The molecular weight excluding hydrogens is 268 g/mol. The van der Waals surface area contributed by atoms with Gasteiger partial charge >= 0.3 is 6.36 Å². The molecule has 0 spiro atoms. The van der Waals surface area contributed by atoms with Crippen LogP contribution >= 0.6 is 0 Å². The van der Waals surface area contributed by atoms with Gasteiger partial charge in [-0.2, -0.15) is 8.78 Å². The first kappa shape index (κ1) is 15.4. The molecule has 0 aliphatic rings. The van der Waals surface area contributed by atoms with Crippen molar-refractivity contribution >= 4 is 0 Å². The molecule has 98 valence electrons. The fourth-order valence-electron chi connectivity index (χ4n) is 0.790. The Hall–Kier alpha value is -1.58. The molecule has 10 heteroatoms. The van der Waals surface area contributed by atoms with E-state index in [0.717, 1.165) is 0 Å². The quantitative estimate of drug-likeness (QED) is 0.439. The second-order valence-electron chi connectivity index (χ2n) is 2.45. The summed E-state index contributed by atoms with van der Waals surface area (Å²) in [7, 11) is 0. The van der Waals surface area contributed by atoms with Gasteiger partial charge in [0.15, 0.2) is 0 Å². The summed E-state index contributed by atoms with van der Waals surface area (Å²) in [4.78, 5) is 0. The Balaban J connectivity index is 0.00000256. The van der Waals surface area contributed by atoms with Gasteiger partial charge < -0.3 is 10.2 Å². The highest BCUT2D eigenvalue weighted by Crippen LogP contribution is 2.32. The van der Waals surface area contributed by atoms with Crippen LogP contribution < -0.4 is 4.74 Å². The van der Waals surface area contributed by atoms with Crippen LogP contribution in [0.1, 0.15) is 0 Å². The van der Waals surface area contributed by atoms with Gasteiger partial charge in [0.25, 0.3) is 0 Å². The number of ether oxygens (including phenoxy) is 1. The molecule has 1 rings (SSSR count). The lowest BCUT2D eigenvalue weighted by Gasteiger charge is -2.11. The number of benzene rings is 1. The monoisotopic (exact) mass is 270 g/mol. The summed E-state index contributed by atoms with van der Waals surface area (Å²) in [6.45, 7) is 0. The molecule has 0 aliphatic heterocycles. The Labute approximate surface area is 87.7 Å². The van der Waals surface area contributed by atoms with Gasteiger partial charge in [-0.1, -0.05) is 0 Å². The van der Waals surface area contributed by atoms with Gasteiger partial charge in [0.2, 0.25) is 34.8 Å². The van der Waals surface area contributed by atoms with Gasteiger partial charge in [-0.3, -0.25) is 0 Å². The summed E-state index contributed by atoms with van der Waals surface area (Å²) >= 11 is 0. The van der Waals surface area contributed by atoms with E-state index in [9.17, 15) is 35.1 Å². The average Bonchev–Trinajstić information content (AvgIpc) is 2.17. The summed E-state index contributed by atoms with van der Waals surface area (Å²) in [6, 6.07) is 0. The van der Waals surface area contributed by atoms with Crippen molar-refractivity contribution in [3.63, 3.8) is 0 Å². The molecule has 0 unspecified atom stereocenters. The van der Waals surface area contributed by atoms with Crippen molar-refractivity contribution in [1.82, 2.24) is 0 Å². The Kier molecular flexibility index (Phi) is 4.29. The van der Waals surface area contributed by atoms with E-state index in [1.165, 1.54) is 0 Å². The SMILES string of the molecule is Fc1c(F)c(F)c(OC(F)(F)F)c(F)c1F.O. The maximum atomic E-state index is 12.6. The van der Waals surface area contributed by atoms with Crippen LogP contribution in [0.5, 0.6) is 5.75 Å². The number of hydrogen-bond donors (Lipinski definition) is 0. The molecule has 0 fully saturated rings. The maximum Gasteiger partial charge on any atom is 0.573 e. The van der Waals surface area contributed by atoms with Gasteiger partial charge in [-0.05, 0) is 0 Å². The Morgan fingerprint density at radius 3 is 1.24 bits per heavy atom. The molecule has 0 heterocycles. The lowest BCUT2D eigenvalue weighted by Crippen LogP contribution is -2.20. The summed E-state index contributed by atoms with van der Waals surface area (Å²) in [5, 5.41) is 0. The van der Waals surface area contributed by atoms with Gasteiger partial charge in [0.05, 0.1) is 0 Å². The van der Waals surface area contributed by atoms with Gasteiger partial charge in [-0.25, -0.2) is 13.2 Å². The molecular formula is C7H2F8O2. The highest BCUT2D eigenvalue weighted by molar-refractivity contribution is 5.29. The van der Waals surface area contributed by atoms with Crippen LogP contribution in [-0.4, -0.2) is 11.8 Å². The molecule has 0 saturated carbocycles. The van der Waals surface area contributed by atoms with E-state index in [2.05, 4.69) is 4.74 Å². The molecule has 2 nitrogen and oxygen atoms in total. The number of rotatable bonds is 1. The smallest absolute Gasteiger partial charge is 0.412 e. The molecule has 17 heavy (non-hydrogen) atoms. The van der Waals surface area contributed by atoms with E-state index < -0.39 is 41.2 Å². The zero-order valence-corrected chi connectivity index (χ0v) is 7.43. The lowest BCUT2D eigenvalue weighted by molar-refractivity contribution is -0.276. The van der Waals surface area contributed by atoms with Crippen LogP contribution in [-0.2, 0) is 0 Å². The molecule has 0 bridgehead atoms. The first-order chi connectivity index (χ1) is 7.15. The van der Waals surface area contributed by atoms with E-state index >= 15 is 0 Å². The van der Waals surface area contributed by atoms with E-state index in [0.29, 0.717) is 0 Å². The van der Waals surface area contributed by atoms with Crippen molar-refractivity contribution in [3.8, 4) is 5.75 Å². The van der Waals surface area contributed by atoms with Gasteiger partial charge in [0, 0.05) is 0 Å². The highest BCUT2D eigenvalue weighted by atomic mass is 19.4. The fourth-order valence-corrected chi connectivity index (χ4v) is 0.790. The predicted octanol–water partition coefficient (Wildman–Crippen LogP) is 2.46. The van der Waals surface area contributed by atoms with Crippen LogP contribution in [0.15, 0.2) is 0 Å². The summed E-state index contributed by atoms with van der Waals surface area (Å²) in [5.74, 6) is -15.4. The molecule has 0 atom stereocenters. The Morgan fingerprint density at radius 1 is 0.647 bits per heavy atom. The van der Waals surface area contributed by atoms with E-state index in [4.69, 9.17) is 0 Å². The largest absolute Gasteiger partial charge is 0.573 e. The second kappa shape index (κ2) is 4.73. The Morgan fingerprint density at radius 2 is 0.941 bits per heavy atom. The third-order valence-corrected chi connectivity index (χ3v) is 1.39. The van der Waals surface area contributed by atoms with Crippen molar-refractivity contribution in [2.75, 3.05) is 0 Å². The third-order valence-electron chi connectivity index (χ3n) is 1.39. The fraction of sp³-hybridized carbons (Fsp3) is 0.143. The van der Waals surface area contributed by atoms with Crippen LogP contribution in [0.4, 0.5) is 35.1 Å². The minimum atomic E-state index is -5.57. The Bertz CT molecular complexity index is 398. The first-order valence-electron chi connectivity index (χ1n) is 3.42. The van der Waals surface area contributed by atoms with Crippen LogP contribution in [0.25, 0.3) is 0 Å². The molecule has 0 aromatic heterocycles. The zero-order chi connectivity index (χ0) is 12.7. The highest BCUT2D eigenvalue weighted by Gasteiger charge is 2.37. The standard InChI is InChI=1S/C7F8O.H2O/c8-1-2(9)4(11)6(5(12)3(1)10)16-7(13,14)15;/h;1H2. The van der Waals surface area contributed by atoms with Gasteiger partial charge in [-0.15, -0.1) is 13.2 Å².